The van der Waals surface area contributed by atoms with Crippen molar-refractivity contribution in [3.05, 3.63) is 134 Å². The number of esters is 3. The average Bonchev–Trinajstić information content (AvgIpc) is 3.31. The topological polar surface area (TPSA) is 78.9 Å². The van der Waals surface area contributed by atoms with Crippen LogP contribution in [0.15, 0.2) is 134 Å². The third kappa shape index (κ3) is 50.5. The number of carbonyl (C=O) groups is 3. The molecule has 0 fully saturated rings. The summed E-state index contributed by atoms with van der Waals surface area (Å²) in [6.45, 7) is 6.28. The van der Waals surface area contributed by atoms with Gasteiger partial charge in [-0.1, -0.05) is 219 Å². The second-order valence-corrected chi connectivity index (χ2v) is 16.7. The minimum Gasteiger partial charge on any atom is -0.462 e. The fourth-order valence-electron chi connectivity index (χ4n) is 6.55. The lowest BCUT2D eigenvalue weighted by Crippen LogP contribution is -2.30. The predicted molar refractivity (Wildman–Crippen MR) is 283 cm³/mol. The first kappa shape index (κ1) is 61.5. The Morgan fingerprint density at radius 1 is 0.318 bits per heavy atom. The monoisotopic (exact) mass is 911 g/mol. The second kappa shape index (κ2) is 53.2. The van der Waals surface area contributed by atoms with Crippen molar-refractivity contribution in [3.63, 3.8) is 0 Å². The van der Waals surface area contributed by atoms with Crippen molar-refractivity contribution in [2.24, 2.45) is 0 Å². The average molecular weight is 911 g/mol. The summed E-state index contributed by atoms with van der Waals surface area (Å²) in [5, 5.41) is 0. The Morgan fingerprint density at radius 3 is 0.985 bits per heavy atom. The molecule has 0 saturated carbocycles. The molecule has 0 aliphatic carbocycles. The van der Waals surface area contributed by atoms with Crippen molar-refractivity contribution in [3.8, 4) is 0 Å². The van der Waals surface area contributed by atoms with Gasteiger partial charge in [0.05, 0.1) is 0 Å². The maximum absolute atomic E-state index is 12.8. The van der Waals surface area contributed by atoms with Crippen molar-refractivity contribution in [2.45, 2.75) is 213 Å². The van der Waals surface area contributed by atoms with Crippen LogP contribution in [0.2, 0.25) is 0 Å². The molecule has 0 aliphatic rings. The van der Waals surface area contributed by atoms with Crippen molar-refractivity contribution in [1.82, 2.24) is 0 Å². The number of hydrogen-bond donors (Lipinski definition) is 0. The van der Waals surface area contributed by atoms with Gasteiger partial charge in [0.15, 0.2) is 6.10 Å². The third-order valence-electron chi connectivity index (χ3n) is 10.4. The van der Waals surface area contributed by atoms with E-state index in [0.29, 0.717) is 19.3 Å². The predicted octanol–water partition coefficient (Wildman–Crippen LogP) is 17.5. The van der Waals surface area contributed by atoms with Gasteiger partial charge in [0.1, 0.15) is 13.2 Å². The van der Waals surface area contributed by atoms with Gasteiger partial charge in [0, 0.05) is 19.3 Å². The zero-order chi connectivity index (χ0) is 47.9. The Morgan fingerprint density at radius 2 is 0.621 bits per heavy atom. The van der Waals surface area contributed by atoms with Gasteiger partial charge in [0.25, 0.3) is 0 Å². The summed E-state index contributed by atoms with van der Waals surface area (Å²) in [6, 6.07) is 0. The summed E-state index contributed by atoms with van der Waals surface area (Å²) >= 11 is 0. The number of rotatable bonds is 45. The SMILES string of the molecule is CC/C=C\C/C=C\C/C=C\C/C=C\C/C=C\C/C=C\CCC(=O)OC(COC(=O)CCCCCCC/C=C\C/C=C\C/C=C\C/C=C\C/C=C\CC)COC(=O)CCCCCCCCCC. The minimum absolute atomic E-state index is 0.118. The summed E-state index contributed by atoms with van der Waals surface area (Å²) in [5.41, 5.74) is 0. The van der Waals surface area contributed by atoms with Crippen molar-refractivity contribution in [2.75, 3.05) is 13.2 Å². The molecule has 1 unspecified atom stereocenters. The number of unbranched alkanes of at least 4 members (excludes halogenated alkanes) is 12. The molecule has 0 aromatic rings. The van der Waals surface area contributed by atoms with E-state index >= 15 is 0 Å². The van der Waals surface area contributed by atoms with Crippen LogP contribution in [0, 0.1) is 0 Å². The van der Waals surface area contributed by atoms with Crippen molar-refractivity contribution >= 4 is 17.9 Å². The molecule has 0 aliphatic heterocycles. The lowest BCUT2D eigenvalue weighted by Gasteiger charge is -2.18. The van der Waals surface area contributed by atoms with Crippen molar-refractivity contribution < 1.29 is 28.6 Å². The number of carbonyl (C=O) groups excluding carboxylic acids is 3. The molecular formula is C60H94O6. The van der Waals surface area contributed by atoms with Gasteiger partial charge in [-0.25, -0.2) is 0 Å². The first-order valence-corrected chi connectivity index (χ1v) is 26.2. The lowest BCUT2D eigenvalue weighted by molar-refractivity contribution is -0.166. The minimum atomic E-state index is -0.829. The van der Waals surface area contributed by atoms with Crippen LogP contribution in [0.4, 0.5) is 0 Å². The molecule has 0 bridgehead atoms. The molecule has 0 rings (SSSR count). The van der Waals surface area contributed by atoms with E-state index in [2.05, 4.69) is 142 Å². The van der Waals surface area contributed by atoms with Gasteiger partial charge in [-0.05, 0) is 103 Å². The van der Waals surface area contributed by atoms with Crippen LogP contribution in [0.3, 0.4) is 0 Å². The highest BCUT2D eigenvalue weighted by Gasteiger charge is 2.19. The standard InChI is InChI=1S/C60H94O6/c1-4-7-10-13-16-19-21-23-25-27-29-30-32-33-35-37-39-41-44-47-50-53-59(62)65-56-57(55-64-58(61)52-49-46-43-18-15-12-9-6-3)66-60(63)54-51-48-45-42-40-38-36-34-31-28-26-24-22-20-17-14-11-8-5-2/h7-8,10-11,16-17,19-20,23-26,29-31,33-35,38,40,45,48,57H,4-6,9,12-15,18,21-22,27-28,32,36-37,39,41-44,46-47,49-56H2,1-3H3/b10-7-,11-8-,19-16-,20-17-,25-23-,26-24-,30-29-,34-31-,35-33-,40-38-,48-45-. The molecule has 370 valence electrons. The quantitative estimate of drug-likeness (QED) is 0.0262. The fraction of sp³-hybridized carbons (Fsp3) is 0.583. The fourth-order valence-corrected chi connectivity index (χ4v) is 6.55. The van der Waals surface area contributed by atoms with Gasteiger partial charge < -0.3 is 14.2 Å². The van der Waals surface area contributed by atoms with Crippen LogP contribution in [0.1, 0.15) is 207 Å². The molecule has 0 spiro atoms. The van der Waals surface area contributed by atoms with Crippen LogP contribution < -0.4 is 0 Å². The molecule has 0 N–H and O–H groups in total. The molecule has 0 saturated heterocycles. The van der Waals surface area contributed by atoms with E-state index in [1.165, 1.54) is 32.1 Å². The van der Waals surface area contributed by atoms with Crippen LogP contribution in [0.5, 0.6) is 0 Å². The highest BCUT2D eigenvalue weighted by atomic mass is 16.6. The molecule has 66 heavy (non-hydrogen) atoms. The number of hydrogen-bond acceptors (Lipinski definition) is 6. The maximum Gasteiger partial charge on any atom is 0.306 e. The van der Waals surface area contributed by atoms with Crippen LogP contribution in [0.25, 0.3) is 0 Å². The summed E-state index contributed by atoms with van der Waals surface area (Å²) in [6.07, 6.45) is 74.6. The Hall–Kier alpha value is -4.45. The molecular weight excluding hydrogens is 817 g/mol. The summed E-state index contributed by atoms with van der Waals surface area (Å²) in [7, 11) is 0. The van der Waals surface area contributed by atoms with Gasteiger partial charge >= 0.3 is 17.9 Å². The van der Waals surface area contributed by atoms with E-state index in [0.717, 1.165) is 128 Å². The van der Waals surface area contributed by atoms with Crippen LogP contribution >= 0.6 is 0 Å². The maximum atomic E-state index is 12.8. The van der Waals surface area contributed by atoms with Crippen LogP contribution in [-0.4, -0.2) is 37.2 Å². The van der Waals surface area contributed by atoms with E-state index in [4.69, 9.17) is 14.2 Å². The lowest BCUT2D eigenvalue weighted by atomic mass is 10.1. The molecule has 0 amide bonds. The number of allylic oxidation sites excluding steroid dienone is 22. The van der Waals surface area contributed by atoms with Gasteiger partial charge in [0.2, 0.25) is 0 Å². The Balaban J connectivity index is 4.47. The molecule has 0 aromatic heterocycles. The molecule has 6 heteroatoms. The summed E-state index contributed by atoms with van der Waals surface area (Å²) in [4.78, 5) is 37.9. The summed E-state index contributed by atoms with van der Waals surface area (Å²) < 4.78 is 16.7. The first-order valence-electron chi connectivity index (χ1n) is 26.2. The molecule has 6 nitrogen and oxygen atoms in total. The normalized spacial score (nSPS) is 13.2. The van der Waals surface area contributed by atoms with E-state index in [1.807, 2.05) is 12.2 Å². The molecule has 1 atom stereocenters. The van der Waals surface area contributed by atoms with E-state index in [9.17, 15) is 14.4 Å². The third-order valence-corrected chi connectivity index (χ3v) is 10.4. The molecule has 0 aromatic carbocycles. The van der Waals surface area contributed by atoms with E-state index in [-0.39, 0.29) is 31.6 Å². The Labute approximate surface area is 405 Å². The zero-order valence-electron chi connectivity index (χ0n) is 42.1. The second-order valence-electron chi connectivity index (χ2n) is 16.7. The molecule has 0 heterocycles. The highest BCUT2D eigenvalue weighted by Crippen LogP contribution is 2.12. The van der Waals surface area contributed by atoms with Crippen molar-refractivity contribution in [1.29, 1.82) is 0 Å². The highest BCUT2D eigenvalue weighted by molar-refractivity contribution is 5.71. The van der Waals surface area contributed by atoms with Gasteiger partial charge in [-0.15, -0.1) is 0 Å². The van der Waals surface area contributed by atoms with Gasteiger partial charge in [-0.2, -0.15) is 0 Å². The first-order chi connectivity index (χ1) is 32.5. The van der Waals surface area contributed by atoms with Crippen LogP contribution in [-0.2, 0) is 28.6 Å². The summed E-state index contributed by atoms with van der Waals surface area (Å²) in [5.74, 6) is -1.04. The zero-order valence-corrected chi connectivity index (χ0v) is 42.1. The molecule has 0 radical (unpaired) electrons. The van der Waals surface area contributed by atoms with Gasteiger partial charge in [-0.3, -0.25) is 14.4 Å². The van der Waals surface area contributed by atoms with E-state index < -0.39 is 12.1 Å². The Bertz CT molecular complexity index is 1460. The largest absolute Gasteiger partial charge is 0.462 e. The Kier molecular flexibility index (Phi) is 49.6. The smallest absolute Gasteiger partial charge is 0.306 e. The number of ether oxygens (including phenoxy) is 3. The van der Waals surface area contributed by atoms with E-state index in [1.54, 1.807) is 0 Å².